The number of nitriles is 1. The number of aromatic hydroxyl groups is 1. The van der Waals surface area contributed by atoms with Crippen molar-refractivity contribution < 1.29 is 24.2 Å². The van der Waals surface area contributed by atoms with Crippen LogP contribution in [0.5, 0.6) is 11.5 Å². The molecule has 0 saturated heterocycles. The molecule has 0 unspecified atom stereocenters. The number of hydrogen-bond donors (Lipinski definition) is 1. The summed E-state index contributed by atoms with van der Waals surface area (Å²) in [6.45, 7) is 2.24. The van der Waals surface area contributed by atoms with Crippen LogP contribution in [0.15, 0.2) is 70.9 Å². The number of phenols is 1. The Morgan fingerprint density at radius 2 is 1.66 bits per heavy atom. The van der Waals surface area contributed by atoms with E-state index in [-0.39, 0.29) is 36.1 Å². The Labute approximate surface area is 241 Å². The van der Waals surface area contributed by atoms with Crippen molar-refractivity contribution in [3.63, 3.8) is 0 Å². The average molecular weight is 569 g/mol. The summed E-state index contributed by atoms with van der Waals surface area (Å²) in [6.07, 6.45) is 2.83. The van der Waals surface area contributed by atoms with Gasteiger partial charge in [0.1, 0.15) is 11.5 Å². The number of aryl methyl sites for hydroxylation is 1. The van der Waals surface area contributed by atoms with Gasteiger partial charge in [0.05, 0.1) is 46.0 Å². The Bertz CT molecular complexity index is 1620. The maximum Gasteiger partial charge on any atom is 0.314 e. The van der Waals surface area contributed by atoms with Gasteiger partial charge in [-0.2, -0.15) is 5.26 Å². The smallest absolute Gasteiger partial charge is 0.314 e. The summed E-state index contributed by atoms with van der Waals surface area (Å²) in [5, 5.41) is 27.4. The average Bonchev–Trinajstić information content (AvgIpc) is 3.44. The maximum absolute atomic E-state index is 12.8. The minimum atomic E-state index is -0.314. The Morgan fingerprint density at radius 1 is 0.976 bits per heavy atom. The van der Waals surface area contributed by atoms with Crippen molar-refractivity contribution in [1.82, 2.24) is 4.98 Å². The largest absolute Gasteiger partial charge is 0.508 e. The lowest BCUT2D eigenvalue weighted by molar-refractivity contribution is -0.152. The summed E-state index contributed by atoms with van der Waals surface area (Å²) in [6, 6.07) is 19.0. The number of carbonyl (C=O) groups is 2. The van der Waals surface area contributed by atoms with Crippen molar-refractivity contribution in [2.75, 3.05) is 6.61 Å². The predicted molar refractivity (Wildman–Crippen MR) is 154 cm³/mol. The Balaban J connectivity index is 1.13. The summed E-state index contributed by atoms with van der Waals surface area (Å²) in [7, 11) is 0. The van der Waals surface area contributed by atoms with Crippen LogP contribution in [0.3, 0.4) is 0 Å². The Kier molecular flexibility index (Phi) is 8.65. The van der Waals surface area contributed by atoms with Gasteiger partial charge in [-0.15, -0.1) is 10.2 Å². The molecule has 208 valence electrons. The van der Waals surface area contributed by atoms with E-state index < -0.39 is 0 Å². The number of aromatic nitrogens is 1. The molecule has 1 saturated carbocycles. The highest BCUT2D eigenvalue weighted by Gasteiger charge is 2.32. The van der Waals surface area contributed by atoms with E-state index in [0.29, 0.717) is 54.2 Å². The fourth-order valence-corrected chi connectivity index (χ4v) is 5.78. The van der Waals surface area contributed by atoms with Crippen LogP contribution in [0, 0.1) is 30.1 Å². The van der Waals surface area contributed by atoms with Gasteiger partial charge < -0.3 is 14.6 Å². The van der Waals surface area contributed by atoms with Crippen LogP contribution < -0.4 is 4.74 Å². The fraction of sp³-hybridized carbons (Fsp3) is 0.290. The predicted octanol–water partition coefficient (Wildman–Crippen LogP) is 7.10. The van der Waals surface area contributed by atoms with Crippen LogP contribution in [0.4, 0.5) is 10.8 Å². The SMILES string of the molecule is Cc1ccc(CCOC(=O)C2CCC(C(=O)Oc3ccc(O)cc3)CC2)c2sc(N=Nc3ccc(C#N)cc3)nc12. The lowest BCUT2D eigenvalue weighted by atomic mass is 9.82. The molecule has 41 heavy (non-hydrogen) atoms. The molecular formula is C31H28N4O5S. The number of ether oxygens (including phenoxy) is 2. The third kappa shape index (κ3) is 6.94. The summed E-state index contributed by atoms with van der Waals surface area (Å²) in [5.74, 6) is -0.546. The number of carbonyl (C=O) groups excluding carboxylic acids is 2. The normalized spacial score (nSPS) is 16.9. The highest BCUT2D eigenvalue weighted by Crippen LogP contribution is 2.35. The second-order valence-corrected chi connectivity index (χ2v) is 10.9. The van der Waals surface area contributed by atoms with Crippen molar-refractivity contribution >= 4 is 44.3 Å². The third-order valence-corrected chi connectivity index (χ3v) is 8.14. The van der Waals surface area contributed by atoms with Crippen LogP contribution >= 0.6 is 11.3 Å². The standard InChI is InChI=1S/C31H28N4O5S/c1-19-2-5-21(28-27(19)33-31(41-28)35-34-24-10-3-20(18-32)4-11-24)16-17-39-29(37)22-6-8-23(9-7-22)30(38)40-26-14-12-25(36)13-15-26/h2-5,10-15,22-23,36H,6-9,16-17H2,1H3. The molecule has 0 aliphatic heterocycles. The van der Waals surface area contributed by atoms with Crippen LogP contribution in [0.2, 0.25) is 0 Å². The van der Waals surface area contributed by atoms with Crippen molar-refractivity contribution in [2.24, 2.45) is 22.1 Å². The molecule has 0 bridgehead atoms. The zero-order chi connectivity index (χ0) is 28.8. The maximum atomic E-state index is 12.8. The highest BCUT2D eigenvalue weighted by molar-refractivity contribution is 7.22. The minimum absolute atomic E-state index is 0.106. The summed E-state index contributed by atoms with van der Waals surface area (Å²) < 4.78 is 12.0. The van der Waals surface area contributed by atoms with Crippen molar-refractivity contribution in [1.29, 1.82) is 5.26 Å². The van der Waals surface area contributed by atoms with E-state index in [4.69, 9.17) is 14.7 Å². The van der Waals surface area contributed by atoms with E-state index in [2.05, 4.69) is 21.3 Å². The molecule has 4 aromatic rings. The second-order valence-electron chi connectivity index (χ2n) is 9.96. The minimum Gasteiger partial charge on any atom is -0.508 e. The molecule has 1 aliphatic carbocycles. The van der Waals surface area contributed by atoms with Gasteiger partial charge in [0.15, 0.2) is 0 Å². The number of azo groups is 1. The molecule has 0 spiro atoms. The monoisotopic (exact) mass is 568 g/mol. The molecule has 0 atom stereocenters. The number of fused-ring (bicyclic) bond motifs is 1. The van der Waals surface area contributed by atoms with Gasteiger partial charge in [0.25, 0.3) is 0 Å². The van der Waals surface area contributed by atoms with Crippen molar-refractivity contribution in [3.8, 4) is 17.6 Å². The Hall–Kier alpha value is -4.62. The number of thiazole rings is 1. The van der Waals surface area contributed by atoms with Gasteiger partial charge >= 0.3 is 11.9 Å². The third-order valence-electron chi connectivity index (χ3n) is 7.13. The molecule has 10 heteroatoms. The van der Waals surface area contributed by atoms with Gasteiger partial charge in [-0.05, 0) is 92.3 Å². The molecule has 1 heterocycles. The lowest BCUT2D eigenvalue weighted by Crippen LogP contribution is -2.29. The quantitative estimate of drug-likeness (QED) is 0.136. The van der Waals surface area contributed by atoms with Crippen LogP contribution in [0.25, 0.3) is 10.2 Å². The molecule has 0 radical (unpaired) electrons. The molecule has 1 fully saturated rings. The number of esters is 2. The van der Waals surface area contributed by atoms with Crippen molar-refractivity contribution in [2.45, 2.75) is 39.0 Å². The molecule has 1 aliphatic rings. The molecule has 0 amide bonds. The fourth-order valence-electron chi connectivity index (χ4n) is 4.77. The van der Waals surface area contributed by atoms with Crippen LogP contribution in [-0.2, 0) is 20.7 Å². The number of nitrogens with zero attached hydrogens (tertiary/aromatic N) is 4. The van der Waals surface area contributed by atoms with E-state index in [0.717, 1.165) is 21.3 Å². The van der Waals surface area contributed by atoms with Gasteiger partial charge in [0, 0.05) is 6.42 Å². The van der Waals surface area contributed by atoms with E-state index in [9.17, 15) is 14.7 Å². The first-order valence-corrected chi connectivity index (χ1v) is 14.2. The molecule has 5 rings (SSSR count). The van der Waals surface area contributed by atoms with Gasteiger partial charge in [-0.3, -0.25) is 9.59 Å². The van der Waals surface area contributed by atoms with Crippen LogP contribution in [0.1, 0.15) is 42.4 Å². The first-order valence-electron chi connectivity index (χ1n) is 13.4. The second kappa shape index (κ2) is 12.7. The van der Waals surface area contributed by atoms with Gasteiger partial charge in [-0.25, -0.2) is 4.98 Å². The van der Waals surface area contributed by atoms with E-state index in [1.54, 1.807) is 36.4 Å². The molecule has 1 aromatic heterocycles. The zero-order valence-electron chi connectivity index (χ0n) is 22.4. The van der Waals surface area contributed by atoms with Crippen LogP contribution in [-0.4, -0.2) is 28.6 Å². The number of benzene rings is 3. The highest BCUT2D eigenvalue weighted by atomic mass is 32.1. The lowest BCUT2D eigenvalue weighted by Gasteiger charge is -2.25. The van der Waals surface area contributed by atoms with Gasteiger partial charge in [0.2, 0.25) is 5.13 Å². The summed E-state index contributed by atoms with van der Waals surface area (Å²) >= 11 is 1.44. The van der Waals surface area contributed by atoms with E-state index in [1.165, 1.54) is 23.5 Å². The van der Waals surface area contributed by atoms with Crippen molar-refractivity contribution in [3.05, 3.63) is 77.4 Å². The topological polar surface area (TPSA) is 134 Å². The number of rotatable bonds is 8. The van der Waals surface area contributed by atoms with E-state index >= 15 is 0 Å². The first kappa shape index (κ1) is 27.9. The molecular weight excluding hydrogens is 540 g/mol. The van der Waals surface area contributed by atoms with E-state index in [1.807, 2.05) is 19.1 Å². The zero-order valence-corrected chi connectivity index (χ0v) is 23.3. The first-order chi connectivity index (χ1) is 19.9. The summed E-state index contributed by atoms with van der Waals surface area (Å²) in [5.41, 5.74) is 4.10. The molecule has 1 N–H and O–H groups in total. The van der Waals surface area contributed by atoms with Gasteiger partial charge in [-0.1, -0.05) is 23.5 Å². The molecule has 3 aromatic carbocycles. The Morgan fingerprint density at radius 3 is 2.34 bits per heavy atom. The number of hydrogen-bond acceptors (Lipinski definition) is 10. The number of phenolic OH excluding ortho intramolecular Hbond substituents is 1. The summed E-state index contributed by atoms with van der Waals surface area (Å²) in [4.78, 5) is 29.9. The molecule has 9 nitrogen and oxygen atoms in total.